The van der Waals surface area contributed by atoms with Gasteiger partial charge in [-0.05, 0) is 48.9 Å². The number of nitrogens with zero attached hydrogens (tertiary/aromatic N) is 1. The summed E-state index contributed by atoms with van der Waals surface area (Å²) in [5.41, 5.74) is 2.09. The van der Waals surface area contributed by atoms with Gasteiger partial charge in [-0.2, -0.15) is 0 Å². The zero-order chi connectivity index (χ0) is 17.1. The fraction of sp³-hybridized carbons (Fsp3) is 0.111. The molecule has 0 aliphatic rings. The molecular weight excluding hydrogens is 330 g/mol. The Morgan fingerprint density at radius 1 is 1.12 bits per heavy atom. The van der Waals surface area contributed by atoms with Gasteiger partial charge in [0.25, 0.3) is 0 Å². The van der Waals surface area contributed by atoms with Gasteiger partial charge < -0.3 is 5.32 Å². The number of hydrogen-bond acceptors (Lipinski definition) is 3. The van der Waals surface area contributed by atoms with Crippen LogP contribution in [0.15, 0.2) is 48.5 Å². The molecule has 2 aromatic carbocycles. The molecule has 1 N–H and O–H groups in total. The molecule has 122 valence electrons. The van der Waals surface area contributed by atoms with Crippen molar-refractivity contribution in [3.05, 3.63) is 70.6 Å². The molecule has 0 saturated carbocycles. The summed E-state index contributed by atoms with van der Waals surface area (Å²) < 4.78 is 26.2. The van der Waals surface area contributed by atoms with Gasteiger partial charge >= 0.3 is 0 Å². The fourth-order valence-electron chi connectivity index (χ4n) is 2.32. The summed E-state index contributed by atoms with van der Waals surface area (Å²) in [5, 5.41) is 3.19. The number of anilines is 1. The van der Waals surface area contributed by atoms with Crippen LogP contribution in [0.1, 0.15) is 10.4 Å². The van der Waals surface area contributed by atoms with Crippen LogP contribution in [0.4, 0.5) is 13.9 Å². The summed E-state index contributed by atoms with van der Waals surface area (Å²) in [7, 11) is 0. The van der Waals surface area contributed by atoms with Gasteiger partial charge in [0, 0.05) is 10.4 Å². The second kappa shape index (κ2) is 6.88. The lowest BCUT2D eigenvalue weighted by Gasteiger charge is -2.02. The molecule has 0 radical (unpaired) electrons. The van der Waals surface area contributed by atoms with Crippen LogP contribution in [0, 0.1) is 18.6 Å². The molecule has 0 saturated heterocycles. The van der Waals surface area contributed by atoms with Crippen LogP contribution in [0.25, 0.3) is 11.3 Å². The van der Waals surface area contributed by atoms with Crippen molar-refractivity contribution >= 4 is 22.4 Å². The van der Waals surface area contributed by atoms with Crippen molar-refractivity contribution in [2.45, 2.75) is 13.3 Å². The summed E-state index contributed by atoms with van der Waals surface area (Å²) in [4.78, 5) is 17.4. The fourth-order valence-corrected chi connectivity index (χ4v) is 3.17. The van der Waals surface area contributed by atoms with Gasteiger partial charge in [-0.3, -0.25) is 4.79 Å². The van der Waals surface area contributed by atoms with Gasteiger partial charge in [-0.15, -0.1) is 11.3 Å². The van der Waals surface area contributed by atoms with Gasteiger partial charge in [0.1, 0.15) is 11.6 Å². The minimum Gasteiger partial charge on any atom is -0.302 e. The van der Waals surface area contributed by atoms with Gasteiger partial charge in [-0.25, -0.2) is 13.8 Å². The topological polar surface area (TPSA) is 42.0 Å². The number of benzene rings is 2. The molecule has 0 atom stereocenters. The summed E-state index contributed by atoms with van der Waals surface area (Å²) >= 11 is 1.34. The predicted octanol–water partition coefficient (Wildman–Crippen LogP) is 4.58. The number of nitrogens with one attached hydrogen (secondary N) is 1. The number of rotatable bonds is 4. The van der Waals surface area contributed by atoms with E-state index in [-0.39, 0.29) is 24.0 Å². The number of carbonyl (C=O) groups excluding carboxylic acids is 1. The first kappa shape index (κ1) is 16.3. The molecule has 24 heavy (non-hydrogen) atoms. The third-order valence-electron chi connectivity index (χ3n) is 3.41. The minimum absolute atomic E-state index is 0.0717. The average Bonchev–Trinajstić information content (AvgIpc) is 2.88. The monoisotopic (exact) mass is 344 g/mol. The molecule has 0 bridgehead atoms. The van der Waals surface area contributed by atoms with Crippen LogP contribution < -0.4 is 5.32 Å². The van der Waals surface area contributed by atoms with Crippen molar-refractivity contribution in [2.75, 3.05) is 5.32 Å². The maximum absolute atomic E-state index is 13.1. The van der Waals surface area contributed by atoms with Crippen molar-refractivity contribution in [1.29, 1.82) is 0 Å². The van der Waals surface area contributed by atoms with Gasteiger partial charge in [0.15, 0.2) is 5.13 Å². The smallest absolute Gasteiger partial charge is 0.230 e. The van der Waals surface area contributed by atoms with E-state index in [2.05, 4.69) is 10.3 Å². The van der Waals surface area contributed by atoms with E-state index in [9.17, 15) is 13.6 Å². The number of aryl methyl sites for hydroxylation is 1. The second-order valence-electron chi connectivity index (χ2n) is 5.29. The molecule has 1 aromatic heterocycles. The van der Waals surface area contributed by atoms with Crippen molar-refractivity contribution in [3.63, 3.8) is 0 Å². The average molecular weight is 344 g/mol. The maximum Gasteiger partial charge on any atom is 0.230 e. The lowest BCUT2D eigenvalue weighted by molar-refractivity contribution is -0.115. The highest BCUT2D eigenvalue weighted by Gasteiger charge is 2.12. The molecule has 3 rings (SSSR count). The van der Waals surface area contributed by atoms with Crippen LogP contribution in [-0.4, -0.2) is 10.9 Å². The number of hydrogen-bond donors (Lipinski definition) is 1. The quantitative estimate of drug-likeness (QED) is 0.753. The normalized spacial score (nSPS) is 10.6. The molecule has 0 unspecified atom stereocenters. The molecule has 0 fully saturated rings. The van der Waals surface area contributed by atoms with Gasteiger partial charge in [-0.1, -0.05) is 12.1 Å². The van der Waals surface area contributed by atoms with E-state index in [1.54, 1.807) is 24.3 Å². The largest absolute Gasteiger partial charge is 0.302 e. The van der Waals surface area contributed by atoms with Crippen LogP contribution in [0.2, 0.25) is 0 Å². The molecule has 1 amide bonds. The first-order valence-electron chi connectivity index (χ1n) is 7.29. The second-order valence-corrected chi connectivity index (χ2v) is 6.49. The zero-order valence-corrected chi connectivity index (χ0v) is 13.7. The number of carbonyl (C=O) groups is 1. The molecule has 3 nitrogen and oxygen atoms in total. The standard InChI is InChI=1S/C18H14F2N2OS/c1-11-17(13-5-7-14(19)8-6-13)22-18(24-11)21-16(23)10-12-3-2-4-15(20)9-12/h2-9H,10H2,1H3,(H,21,22,23). The number of aromatic nitrogens is 1. The SMILES string of the molecule is Cc1sc(NC(=O)Cc2cccc(F)c2)nc1-c1ccc(F)cc1. The van der Waals surface area contributed by atoms with Crippen LogP contribution >= 0.6 is 11.3 Å². The molecule has 0 spiro atoms. The molecule has 6 heteroatoms. The molecule has 0 aliphatic carbocycles. The molecule has 0 aliphatic heterocycles. The lowest BCUT2D eigenvalue weighted by atomic mass is 10.1. The van der Waals surface area contributed by atoms with Crippen molar-refractivity contribution in [2.24, 2.45) is 0 Å². The Hall–Kier alpha value is -2.60. The Morgan fingerprint density at radius 3 is 2.58 bits per heavy atom. The summed E-state index contributed by atoms with van der Waals surface area (Å²) in [5.74, 6) is -0.945. The van der Waals surface area contributed by atoms with Gasteiger partial charge in [0.05, 0.1) is 12.1 Å². The third-order valence-corrected chi connectivity index (χ3v) is 4.30. The van der Waals surface area contributed by atoms with E-state index in [1.165, 1.54) is 35.6 Å². The molecule has 1 heterocycles. The predicted molar refractivity (Wildman–Crippen MR) is 91.0 cm³/mol. The van der Waals surface area contributed by atoms with Crippen LogP contribution in [0.3, 0.4) is 0 Å². The Bertz CT molecular complexity index is 875. The van der Waals surface area contributed by atoms with Gasteiger partial charge in [0.2, 0.25) is 5.91 Å². The highest BCUT2D eigenvalue weighted by molar-refractivity contribution is 7.16. The van der Waals surface area contributed by atoms with E-state index in [0.717, 1.165) is 10.4 Å². The van der Waals surface area contributed by atoms with Crippen molar-refractivity contribution < 1.29 is 13.6 Å². The Kier molecular flexibility index (Phi) is 4.66. The third kappa shape index (κ3) is 3.83. The van der Waals surface area contributed by atoms with E-state index >= 15 is 0 Å². The van der Waals surface area contributed by atoms with E-state index in [4.69, 9.17) is 0 Å². The van der Waals surface area contributed by atoms with Crippen molar-refractivity contribution in [3.8, 4) is 11.3 Å². The minimum atomic E-state index is -0.371. The number of halogens is 2. The molecule has 3 aromatic rings. The number of thiazole rings is 1. The Balaban J connectivity index is 1.73. The highest BCUT2D eigenvalue weighted by atomic mass is 32.1. The highest BCUT2D eigenvalue weighted by Crippen LogP contribution is 2.30. The van der Waals surface area contributed by atoms with E-state index in [1.807, 2.05) is 6.92 Å². The van der Waals surface area contributed by atoms with E-state index in [0.29, 0.717) is 16.4 Å². The lowest BCUT2D eigenvalue weighted by Crippen LogP contribution is -2.14. The number of amides is 1. The van der Waals surface area contributed by atoms with Crippen LogP contribution in [0.5, 0.6) is 0 Å². The first-order chi connectivity index (χ1) is 11.5. The van der Waals surface area contributed by atoms with E-state index < -0.39 is 0 Å². The van der Waals surface area contributed by atoms with Crippen molar-refractivity contribution in [1.82, 2.24) is 4.98 Å². The Morgan fingerprint density at radius 2 is 1.88 bits per heavy atom. The summed E-state index contributed by atoms with van der Waals surface area (Å²) in [6.07, 6.45) is 0.0717. The first-order valence-corrected chi connectivity index (χ1v) is 8.10. The Labute approximate surface area is 142 Å². The zero-order valence-electron chi connectivity index (χ0n) is 12.8. The summed E-state index contributed by atoms with van der Waals surface area (Å²) in [6, 6.07) is 12.0. The molecular formula is C18H14F2N2OS. The maximum atomic E-state index is 13.1. The summed E-state index contributed by atoms with van der Waals surface area (Å²) in [6.45, 7) is 1.89. The van der Waals surface area contributed by atoms with Crippen LogP contribution in [-0.2, 0) is 11.2 Å².